The number of carbonyl (C=O) groups is 2. The minimum absolute atomic E-state index is 0.0388. The fourth-order valence-corrected chi connectivity index (χ4v) is 8.81. The van der Waals surface area contributed by atoms with E-state index in [2.05, 4.69) is 9.97 Å². The average molecular weight is 954 g/mol. The highest BCUT2D eigenvalue weighted by atomic mass is 16.5. The molecule has 0 fully saturated rings. The average Bonchev–Trinajstić information content (AvgIpc) is 3.83. The molecule has 0 unspecified atom stereocenters. The van der Waals surface area contributed by atoms with Gasteiger partial charge in [-0.3, -0.25) is 19.0 Å². The van der Waals surface area contributed by atoms with Gasteiger partial charge in [-0.15, -0.1) is 0 Å². The number of aliphatic imine (C=N–C) groups is 1. The lowest BCUT2D eigenvalue weighted by molar-refractivity contribution is -0.114. The van der Waals surface area contributed by atoms with Crippen LogP contribution in [0.3, 0.4) is 0 Å². The molecule has 2 aromatic heterocycles. The highest BCUT2D eigenvalue weighted by Crippen LogP contribution is 2.29. The van der Waals surface area contributed by atoms with Crippen LogP contribution in [0, 0.1) is 6.92 Å². The number of fused-ring (bicyclic) bond motifs is 3. The summed E-state index contributed by atoms with van der Waals surface area (Å²) in [4.78, 5) is 60.0. The highest BCUT2D eigenvalue weighted by molar-refractivity contribution is 5.96. The number of para-hydroxylation sites is 4. The largest absolute Gasteiger partial charge is 0.493 e. The summed E-state index contributed by atoms with van der Waals surface area (Å²) in [6.07, 6.45) is 4.67. The maximum absolute atomic E-state index is 13.5. The number of aromatic nitrogens is 4. The quantitative estimate of drug-likeness (QED) is 0.0504. The zero-order valence-electron chi connectivity index (χ0n) is 40.9. The molecular weight excluding hydrogens is 895 g/mol. The van der Waals surface area contributed by atoms with Crippen molar-refractivity contribution in [2.45, 2.75) is 52.0 Å². The molecule has 1 aliphatic heterocycles. The van der Waals surface area contributed by atoms with Crippen LogP contribution in [0.15, 0.2) is 143 Å². The van der Waals surface area contributed by atoms with Crippen LogP contribution >= 0.6 is 0 Å². The van der Waals surface area contributed by atoms with Gasteiger partial charge in [0.05, 0.1) is 56.1 Å². The van der Waals surface area contributed by atoms with Crippen molar-refractivity contribution in [3.8, 4) is 23.0 Å². The second kappa shape index (κ2) is 23.4. The third kappa shape index (κ3) is 11.8. The van der Waals surface area contributed by atoms with E-state index in [1.54, 1.807) is 37.9 Å². The van der Waals surface area contributed by atoms with Crippen LogP contribution < -0.4 is 24.5 Å². The maximum atomic E-state index is 13.5. The zero-order chi connectivity index (χ0) is 49.7. The second-order valence-electron chi connectivity index (χ2n) is 17.1. The van der Waals surface area contributed by atoms with E-state index in [9.17, 15) is 14.4 Å². The molecule has 0 bridgehead atoms. The standard InChI is InChI=1S/C29H29N3O4.C28H30N4O3/c1-35-25-12-11-20(19-26(25)36-2)13-18-32-27(30-24-10-6-5-9-23(24)29(32)34)15-17-31-16-14-21-7-3-4-8-22(21)28(31)33;1-20-8-4-5-9-22(20)31-28(15-14-27-29-23-10-6-7-11-24(23)30-27)32(19-33)17-16-21-12-13-25(34-2)26(18-21)35-3/h3-12,19H,13-18H2,1-2H3;4-13,18-19H,14-17H2,1-3H3,(H,29,30). The van der Waals surface area contributed by atoms with E-state index >= 15 is 0 Å². The van der Waals surface area contributed by atoms with Gasteiger partial charge in [0.2, 0.25) is 6.41 Å². The van der Waals surface area contributed by atoms with E-state index in [1.807, 2.05) is 145 Å². The second-order valence-corrected chi connectivity index (χ2v) is 17.1. The number of rotatable bonds is 18. The smallest absolute Gasteiger partial charge is 0.261 e. The van der Waals surface area contributed by atoms with Gasteiger partial charge in [-0.05, 0) is 109 Å². The monoisotopic (exact) mass is 953 g/mol. The first-order valence-electron chi connectivity index (χ1n) is 23.8. The molecule has 3 heterocycles. The van der Waals surface area contributed by atoms with E-state index in [0.29, 0.717) is 104 Å². The summed E-state index contributed by atoms with van der Waals surface area (Å²) in [5.41, 5.74) is 8.38. The lowest BCUT2D eigenvalue weighted by Gasteiger charge is -2.28. The lowest BCUT2D eigenvalue weighted by Crippen LogP contribution is -2.39. The Balaban J connectivity index is 0.000000191. The van der Waals surface area contributed by atoms with Gasteiger partial charge >= 0.3 is 0 Å². The molecule has 0 aliphatic carbocycles. The number of amidine groups is 1. The number of methoxy groups -OCH3 is 4. The molecule has 0 radical (unpaired) electrons. The number of carbonyl (C=O) groups excluding carboxylic acids is 2. The van der Waals surface area contributed by atoms with Gasteiger partial charge < -0.3 is 33.7 Å². The van der Waals surface area contributed by atoms with E-state index in [-0.39, 0.29) is 11.5 Å². The van der Waals surface area contributed by atoms with Crippen LogP contribution in [0.4, 0.5) is 5.69 Å². The fraction of sp³-hybridized carbons (Fsp3) is 0.263. The number of amides is 2. The summed E-state index contributed by atoms with van der Waals surface area (Å²) in [5, 5.41) is 0.594. The van der Waals surface area contributed by atoms with Gasteiger partial charge in [-0.2, -0.15) is 0 Å². The Kier molecular flexibility index (Phi) is 16.2. The van der Waals surface area contributed by atoms with E-state index in [4.69, 9.17) is 28.9 Å². The van der Waals surface area contributed by atoms with Crippen molar-refractivity contribution in [3.05, 3.63) is 183 Å². The van der Waals surface area contributed by atoms with Crippen LogP contribution in [0.2, 0.25) is 0 Å². The molecule has 71 heavy (non-hydrogen) atoms. The molecule has 8 aromatic rings. The predicted octanol–water partition coefficient (Wildman–Crippen LogP) is 9.15. The van der Waals surface area contributed by atoms with Crippen LogP contribution in [-0.4, -0.2) is 95.5 Å². The molecule has 2 amide bonds. The van der Waals surface area contributed by atoms with Crippen molar-refractivity contribution in [1.29, 1.82) is 0 Å². The van der Waals surface area contributed by atoms with Crippen LogP contribution in [0.1, 0.15) is 50.7 Å². The van der Waals surface area contributed by atoms with Crippen molar-refractivity contribution in [3.63, 3.8) is 0 Å². The summed E-state index contributed by atoms with van der Waals surface area (Å²) < 4.78 is 23.3. The molecule has 6 aromatic carbocycles. The molecular formula is C57H59N7O7. The Morgan fingerprint density at radius 2 is 1.34 bits per heavy atom. The number of nitrogens with zero attached hydrogens (tertiary/aromatic N) is 6. The third-order valence-electron chi connectivity index (χ3n) is 12.7. The number of nitrogens with one attached hydrogen (secondary N) is 1. The van der Waals surface area contributed by atoms with Crippen molar-refractivity contribution in [1.82, 2.24) is 29.3 Å². The van der Waals surface area contributed by atoms with Crippen LogP contribution in [-0.2, 0) is 43.4 Å². The molecule has 0 spiro atoms. The summed E-state index contributed by atoms with van der Waals surface area (Å²) in [7, 11) is 6.44. The van der Waals surface area contributed by atoms with Crippen molar-refractivity contribution < 1.29 is 28.5 Å². The summed E-state index contributed by atoms with van der Waals surface area (Å²) in [5.74, 6) is 4.96. The topological polar surface area (TPSA) is 153 Å². The predicted molar refractivity (Wildman–Crippen MR) is 278 cm³/mol. The fourth-order valence-electron chi connectivity index (χ4n) is 8.81. The number of hydrogen-bond donors (Lipinski definition) is 1. The Labute approximate surface area is 413 Å². The first-order chi connectivity index (χ1) is 34.7. The first kappa shape index (κ1) is 49.2. The molecule has 14 nitrogen and oxygen atoms in total. The van der Waals surface area contributed by atoms with E-state index in [1.165, 1.54) is 0 Å². The molecule has 1 N–H and O–H groups in total. The minimum Gasteiger partial charge on any atom is -0.493 e. The minimum atomic E-state index is -0.0635. The Hall–Kier alpha value is -8.26. The number of hydrogen-bond acceptors (Lipinski definition) is 10. The van der Waals surface area contributed by atoms with Crippen molar-refractivity contribution >= 4 is 45.8 Å². The molecule has 0 saturated heterocycles. The normalized spacial score (nSPS) is 12.3. The van der Waals surface area contributed by atoms with Crippen molar-refractivity contribution in [2.24, 2.45) is 4.99 Å². The number of aryl methyl sites for hydroxylation is 3. The van der Waals surface area contributed by atoms with Gasteiger partial charge in [0.15, 0.2) is 23.0 Å². The Bertz CT molecular complexity index is 3200. The molecule has 0 saturated carbocycles. The van der Waals surface area contributed by atoms with Gasteiger partial charge in [0.1, 0.15) is 17.5 Å². The van der Waals surface area contributed by atoms with E-state index < -0.39 is 0 Å². The lowest BCUT2D eigenvalue weighted by atomic mass is 9.99. The molecule has 9 rings (SSSR count). The third-order valence-corrected chi connectivity index (χ3v) is 12.7. The van der Waals surface area contributed by atoms with Crippen LogP contribution in [0.25, 0.3) is 21.9 Å². The summed E-state index contributed by atoms with van der Waals surface area (Å²) in [6.45, 7) is 4.15. The number of benzene rings is 6. The molecule has 0 atom stereocenters. The SMILES string of the molecule is COc1ccc(CCN(C=O)C(CCc2nc3ccccc3[nH]2)=Nc2ccccc2C)cc1OC.COc1ccc(CCn2c(CCN3CCc4ccccc4C3=O)nc3ccccc3c2=O)cc1OC. The van der Waals surface area contributed by atoms with Gasteiger partial charge in [0, 0.05) is 51.0 Å². The van der Waals surface area contributed by atoms with Gasteiger partial charge in [-0.1, -0.05) is 72.8 Å². The van der Waals surface area contributed by atoms with Gasteiger partial charge in [0.25, 0.3) is 11.5 Å². The number of ether oxygens (including phenoxy) is 4. The number of imidazole rings is 1. The Morgan fingerprint density at radius 1 is 0.690 bits per heavy atom. The van der Waals surface area contributed by atoms with Gasteiger partial charge in [-0.25, -0.2) is 15.0 Å². The highest BCUT2D eigenvalue weighted by Gasteiger charge is 2.24. The first-order valence-corrected chi connectivity index (χ1v) is 23.8. The van der Waals surface area contributed by atoms with Crippen LogP contribution in [0.5, 0.6) is 23.0 Å². The number of H-pyrrole nitrogens is 1. The molecule has 364 valence electrons. The van der Waals surface area contributed by atoms with Crippen molar-refractivity contribution in [2.75, 3.05) is 48.1 Å². The summed E-state index contributed by atoms with van der Waals surface area (Å²) >= 11 is 0. The number of aromatic amines is 1. The van der Waals surface area contributed by atoms with E-state index in [0.717, 1.165) is 63.2 Å². The molecule has 1 aliphatic rings. The summed E-state index contributed by atoms with van der Waals surface area (Å²) in [6, 6.07) is 42.6. The Morgan fingerprint density at radius 3 is 2.04 bits per heavy atom. The molecule has 14 heteroatoms. The maximum Gasteiger partial charge on any atom is 0.261 e. The zero-order valence-corrected chi connectivity index (χ0v) is 40.9.